The van der Waals surface area contributed by atoms with E-state index in [9.17, 15) is 14.4 Å². The minimum Gasteiger partial charge on any atom is -0.461 e. The molecule has 2 atom stereocenters. The number of aldehydes is 1. The third-order valence-corrected chi connectivity index (χ3v) is 7.06. The van der Waals surface area contributed by atoms with Crippen molar-refractivity contribution in [3.8, 4) is 0 Å². The quantitative estimate of drug-likeness (QED) is 0.112. The zero-order valence-electron chi connectivity index (χ0n) is 26.5. The van der Waals surface area contributed by atoms with Gasteiger partial charge in [0.1, 0.15) is 12.9 Å². The summed E-state index contributed by atoms with van der Waals surface area (Å²) in [5.41, 5.74) is 2.94. The highest BCUT2D eigenvalue weighted by molar-refractivity contribution is 5.87. The van der Waals surface area contributed by atoms with Crippen LogP contribution in [0, 0.1) is 17.3 Å². The molecule has 4 heteroatoms. The van der Waals surface area contributed by atoms with Crippen LogP contribution >= 0.6 is 0 Å². The van der Waals surface area contributed by atoms with E-state index in [1.54, 1.807) is 26.0 Å². The Balaban J connectivity index is 0. The second-order valence-corrected chi connectivity index (χ2v) is 11.7. The van der Waals surface area contributed by atoms with Crippen LogP contribution in [0.25, 0.3) is 0 Å². The van der Waals surface area contributed by atoms with Gasteiger partial charge in [0, 0.05) is 18.8 Å². The molecule has 2 aliphatic rings. The van der Waals surface area contributed by atoms with E-state index in [1.807, 2.05) is 6.92 Å². The molecule has 0 spiro atoms. The molecule has 2 unspecified atom stereocenters. The standard InChI is InChI=1S/C13H20O.C10H18O.C6H10O2.C6H12/c1-10-6-5-9-13(3,4)12(10)8-7-11(2)14;1-9(2)5-4-6-10(3)7-8-11;1-3-5-8-6(7)4-2;1-2-4-6-5-3-1/h6-8,12H,5,9H2,1-4H3;8,10H,1,4-7H2,2-3H3;3H,1,4-5H2,2H3;1-6H2/b8-7+;;;. The summed E-state index contributed by atoms with van der Waals surface area (Å²) in [5, 5.41) is 0. The van der Waals surface area contributed by atoms with E-state index >= 15 is 0 Å². The van der Waals surface area contributed by atoms with Crippen molar-refractivity contribution in [2.75, 3.05) is 6.61 Å². The van der Waals surface area contributed by atoms with Gasteiger partial charge < -0.3 is 9.53 Å². The second-order valence-electron chi connectivity index (χ2n) is 11.7. The van der Waals surface area contributed by atoms with Crippen molar-refractivity contribution in [1.82, 2.24) is 0 Å². The molecule has 0 heterocycles. The number of allylic oxidation sites excluding steroid dienone is 5. The van der Waals surface area contributed by atoms with Crippen molar-refractivity contribution in [2.45, 2.75) is 132 Å². The van der Waals surface area contributed by atoms with Gasteiger partial charge in [-0.2, -0.15) is 0 Å². The Hall–Kier alpha value is -2.23. The van der Waals surface area contributed by atoms with Crippen molar-refractivity contribution >= 4 is 18.0 Å². The Labute approximate surface area is 241 Å². The van der Waals surface area contributed by atoms with Gasteiger partial charge in [0.2, 0.25) is 0 Å². The maximum atomic E-state index is 10.9. The molecule has 39 heavy (non-hydrogen) atoms. The lowest BCUT2D eigenvalue weighted by Gasteiger charge is -2.36. The molecule has 0 radical (unpaired) electrons. The van der Waals surface area contributed by atoms with Crippen LogP contribution in [0.5, 0.6) is 0 Å². The Morgan fingerprint density at radius 3 is 2.10 bits per heavy atom. The fraction of sp³-hybridized carbons (Fsp3) is 0.686. The number of esters is 1. The Morgan fingerprint density at radius 1 is 1.13 bits per heavy atom. The summed E-state index contributed by atoms with van der Waals surface area (Å²) < 4.78 is 4.58. The Morgan fingerprint density at radius 2 is 1.69 bits per heavy atom. The van der Waals surface area contributed by atoms with Crippen molar-refractivity contribution in [3.63, 3.8) is 0 Å². The average Bonchev–Trinajstić information content (AvgIpc) is 2.88. The lowest BCUT2D eigenvalue weighted by Crippen LogP contribution is -2.26. The Bertz CT molecular complexity index is 741. The van der Waals surface area contributed by atoms with E-state index in [0.717, 1.165) is 19.1 Å². The molecule has 0 aromatic carbocycles. The summed E-state index contributed by atoms with van der Waals surface area (Å²) >= 11 is 0. The van der Waals surface area contributed by atoms with Gasteiger partial charge in [0.05, 0.1) is 0 Å². The van der Waals surface area contributed by atoms with Gasteiger partial charge in [-0.3, -0.25) is 9.59 Å². The second kappa shape index (κ2) is 24.8. The summed E-state index contributed by atoms with van der Waals surface area (Å²) in [6.45, 7) is 21.8. The molecule has 2 rings (SSSR count). The highest BCUT2D eigenvalue weighted by Crippen LogP contribution is 2.41. The van der Waals surface area contributed by atoms with Gasteiger partial charge in [-0.25, -0.2) is 0 Å². The van der Waals surface area contributed by atoms with Crippen molar-refractivity contribution in [3.05, 3.63) is 48.6 Å². The van der Waals surface area contributed by atoms with Gasteiger partial charge in [-0.05, 0) is 70.3 Å². The minimum atomic E-state index is -0.176. The van der Waals surface area contributed by atoms with Crippen LogP contribution in [-0.4, -0.2) is 24.6 Å². The first-order chi connectivity index (χ1) is 18.4. The van der Waals surface area contributed by atoms with Crippen LogP contribution < -0.4 is 0 Å². The third-order valence-electron chi connectivity index (χ3n) is 7.06. The molecule has 0 saturated heterocycles. The Kier molecular flexibility index (Phi) is 24.7. The number of ether oxygens (including phenoxy) is 1. The van der Waals surface area contributed by atoms with E-state index in [-0.39, 0.29) is 11.8 Å². The lowest BCUT2D eigenvalue weighted by molar-refractivity contribution is -0.142. The summed E-state index contributed by atoms with van der Waals surface area (Å²) in [7, 11) is 0. The molecule has 2 aliphatic carbocycles. The number of ketones is 1. The van der Waals surface area contributed by atoms with E-state index in [1.165, 1.54) is 68.9 Å². The highest BCUT2D eigenvalue weighted by Gasteiger charge is 2.30. The third kappa shape index (κ3) is 24.5. The summed E-state index contributed by atoms with van der Waals surface area (Å²) in [5.74, 6) is 0.941. The van der Waals surface area contributed by atoms with Crippen LogP contribution in [0.2, 0.25) is 0 Å². The minimum absolute atomic E-state index is 0.138. The van der Waals surface area contributed by atoms with Crippen LogP contribution in [0.3, 0.4) is 0 Å². The van der Waals surface area contributed by atoms with Gasteiger partial charge in [-0.15, -0.1) is 6.58 Å². The van der Waals surface area contributed by atoms with Crippen molar-refractivity contribution in [1.29, 1.82) is 0 Å². The summed E-state index contributed by atoms with van der Waals surface area (Å²) in [4.78, 5) is 31.3. The van der Waals surface area contributed by atoms with E-state index in [4.69, 9.17) is 0 Å². The first kappa shape index (κ1) is 38.9. The summed E-state index contributed by atoms with van der Waals surface area (Å²) in [6, 6.07) is 0. The number of carbonyl (C=O) groups is 3. The molecular weight excluding hydrogens is 484 g/mol. The van der Waals surface area contributed by atoms with Gasteiger partial charge in [0.25, 0.3) is 0 Å². The van der Waals surface area contributed by atoms with Crippen LogP contribution in [0.15, 0.2) is 48.6 Å². The van der Waals surface area contributed by atoms with E-state index in [2.05, 4.69) is 57.7 Å². The van der Waals surface area contributed by atoms with Crippen molar-refractivity contribution in [2.24, 2.45) is 17.3 Å². The zero-order valence-corrected chi connectivity index (χ0v) is 26.5. The molecule has 0 amide bonds. The fourth-order valence-electron chi connectivity index (χ4n) is 4.56. The number of hydrogen-bond donors (Lipinski definition) is 0. The van der Waals surface area contributed by atoms with Crippen molar-refractivity contribution < 1.29 is 19.1 Å². The molecule has 4 nitrogen and oxygen atoms in total. The first-order valence-corrected chi connectivity index (χ1v) is 15.1. The van der Waals surface area contributed by atoms with Crippen LogP contribution in [-0.2, 0) is 19.1 Å². The smallest absolute Gasteiger partial charge is 0.305 e. The monoisotopic (exact) mass is 544 g/mol. The predicted molar refractivity (Wildman–Crippen MR) is 168 cm³/mol. The molecule has 0 N–H and O–H groups in total. The van der Waals surface area contributed by atoms with Gasteiger partial charge in [-0.1, -0.05) is 102 Å². The van der Waals surface area contributed by atoms with Gasteiger partial charge in [0.15, 0.2) is 5.78 Å². The molecule has 0 bridgehead atoms. The van der Waals surface area contributed by atoms with Gasteiger partial charge >= 0.3 is 5.97 Å². The average molecular weight is 545 g/mol. The summed E-state index contributed by atoms with van der Waals surface area (Å²) in [6.07, 6.45) is 24.5. The first-order valence-electron chi connectivity index (χ1n) is 15.1. The number of hydrogen-bond acceptors (Lipinski definition) is 4. The maximum absolute atomic E-state index is 10.9. The molecular formula is C35H60O4. The number of rotatable bonds is 11. The zero-order chi connectivity index (χ0) is 30.1. The molecule has 1 fully saturated rings. The highest BCUT2D eigenvalue weighted by atomic mass is 16.5. The predicted octanol–water partition coefficient (Wildman–Crippen LogP) is 9.94. The normalized spacial score (nSPS) is 18.3. The molecule has 224 valence electrons. The topological polar surface area (TPSA) is 60.4 Å². The van der Waals surface area contributed by atoms with E-state index in [0.29, 0.717) is 36.7 Å². The molecule has 1 saturated carbocycles. The SMILES string of the molecule is C1CCCCC1.C=C(C)CCCC(C)CC=O.C=CCOC(=O)CC.CC(=O)/C=C/C1C(C)=CCCC1(C)C. The van der Waals surface area contributed by atoms with E-state index < -0.39 is 0 Å². The largest absolute Gasteiger partial charge is 0.461 e. The fourth-order valence-corrected chi connectivity index (χ4v) is 4.56. The molecule has 0 aromatic heterocycles. The van der Waals surface area contributed by atoms with Crippen LogP contribution in [0.4, 0.5) is 0 Å². The lowest BCUT2D eigenvalue weighted by atomic mass is 9.68. The molecule has 0 aliphatic heterocycles. The maximum Gasteiger partial charge on any atom is 0.305 e. The number of carbonyl (C=O) groups excluding carboxylic acids is 3. The van der Waals surface area contributed by atoms with Crippen LogP contribution in [0.1, 0.15) is 132 Å². The molecule has 0 aromatic rings.